The molecule has 1 aliphatic heterocycles. The molecule has 1 heterocycles. The lowest BCUT2D eigenvalue weighted by Crippen LogP contribution is -2.35. The van der Waals surface area contributed by atoms with Crippen LogP contribution in [-0.2, 0) is 16.1 Å². The number of halogens is 2. The van der Waals surface area contributed by atoms with E-state index in [1.807, 2.05) is 30.3 Å². The van der Waals surface area contributed by atoms with Crippen molar-refractivity contribution in [1.82, 2.24) is 9.80 Å². The summed E-state index contributed by atoms with van der Waals surface area (Å²) in [6, 6.07) is 13.5. The predicted molar refractivity (Wildman–Crippen MR) is 105 cm³/mol. The summed E-state index contributed by atoms with van der Waals surface area (Å²) in [6.07, 6.45) is 3.72. The number of benzene rings is 2. The molecule has 1 atom stereocenters. The highest BCUT2D eigenvalue weighted by atomic mass is 19.3. The molecule has 0 saturated carbocycles. The summed E-state index contributed by atoms with van der Waals surface area (Å²) in [7, 11) is 1.68. The number of nitrogens with zero attached hydrogens (tertiary/aromatic N) is 2. The molecule has 1 unspecified atom stereocenters. The van der Waals surface area contributed by atoms with Crippen LogP contribution in [0.1, 0.15) is 36.1 Å². The van der Waals surface area contributed by atoms with E-state index in [2.05, 4.69) is 4.74 Å². The smallest absolute Gasteiger partial charge is 0.387 e. The van der Waals surface area contributed by atoms with Gasteiger partial charge in [0, 0.05) is 26.7 Å². The van der Waals surface area contributed by atoms with Gasteiger partial charge in [0.1, 0.15) is 5.75 Å². The van der Waals surface area contributed by atoms with Gasteiger partial charge < -0.3 is 14.5 Å². The molecule has 0 aliphatic carbocycles. The van der Waals surface area contributed by atoms with E-state index in [-0.39, 0.29) is 30.0 Å². The van der Waals surface area contributed by atoms with Crippen LogP contribution in [0.2, 0.25) is 0 Å². The number of ether oxygens (including phenoxy) is 1. The van der Waals surface area contributed by atoms with E-state index in [0.29, 0.717) is 6.54 Å². The Morgan fingerprint density at radius 3 is 2.48 bits per heavy atom. The number of carbonyl (C=O) groups is 2. The molecule has 0 N–H and O–H groups in total. The summed E-state index contributed by atoms with van der Waals surface area (Å²) in [5.74, 6) is -0.189. The lowest BCUT2D eigenvalue weighted by atomic mass is 9.93. The average Bonchev–Trinajstić information content (AvgIpc) is 2.69. The van der Waals surface area contributed by atoms with Gasteiger partial charge in [0.2, 0.25) is 11.8 Å². The minimum Gasteiger partial charge on any atom is -0.435 e. The Labute approximate surface area is 168 Å². The maximum atomic E-state index is 12.8. The van der Waals surface area contributed by atoms with Crippen molar-refractivity contribution in [2.45, 2.75) is 32.5 Å². The van der Waals surface area contributed by atoms with Crippen LogP contribution < -0.4 is 4.74 Å². The Balaban J connectivity index is 1.69. The van der Waals surface area contributed by atoms with Crippen molar-refractivity contribution in [2.24, 2.45) is 0 Å². The summed E-state index contributed by atoms with van der Waals surface area (Å²) >= 11 is 0. The molecule has 0 saturated heterocycles. The molecule has 3 rings (SSSR count). The first-order valence-electron chi connectivity index (χ1n) is 9.19. The lowest BCUT2D eigenvalue weighted by Gasteiger charge is -2.33. The molecule has 152 valence electrons. The minimum absolute atomic E-state index is 0.0698. The van der Waals surface area contributed by atoms with Crippen LogP contribution in [0, 0.1) is 0 Å². The fourth-order valence-electron chi connectivity index (χ4n) is 3.37. The second-order valence-electron chi connectivity index (χ2n) is 6.86. The normalized spacial score (nSPS) is 15.2. The van der Waals surface area contributed by atoms with Crippen molar-refractivity contribution in [1.29, 1.82) is 0 Å². The zero-order valence-corrected chi connectivity index (χ0v) is 16.2. The quantitative estimate of drug-likeness (QED) is 0.730. The van der Waals surface area contributed by atoms with Crippen molar-refractivity contribution in [3.05, 3.63) is 71.4 Å². The third kappa shape index (κ3) is 4.99. The van der Waals surface area contributed by atoms with Gasteiger partial charge in [-0.2, -0.15) is 8.78 Å². The second-order valence-corrected chi connectivity index (χ2v) is 6.86. The Morgan fingerprint density at radius 1 is 1.14 bits per heavy atom. The third-order valence-electron chi connectivity index (χ3n) is 4.83. The zero-order valence-electron chi connectivity index (χ0n) is 16.2. The number of hydrogen-bond acceptors (Lipinski definition) is 3. The molecule has 1 aliphatic rings. The SMILES string of the molecule is CC(=O)N1C=Cc2ccccc2C1CC(=O)N(C)Cc1ccc(OC(F)F)cc1. The molecule has 0 aromatic heterocycles. The van der Waals surface area contributed by atoms with Gasteiger partial charge in [-0.15, -0.1) is 0 Å². The topological polar surface area (TPSA) is 49.9 Å². The van der Waals surface area contributed by atoms with E-state index in [4.69, 9.17) is 0 Å². The van der Waals surface area contributed by atoms with Gasteiger partial charge >= 0.3 is 6.61 Å². The fraction of sp³-hybridized carbons (Fsp3) is 0.273. The van der Waals surface area contributed by atoms with Crippen LogP contribution in [-0.4, -0.2) is 35.3 Å². The summed E-state index contributed by atoms with van der Waals surface area (Å²) in [4.78, 5) is 28.0. The van der Waals surface area contributed by atoms with Crippen LogP contribution in [0.15, 0.2) is 54.7 Å². The van der Waals surface area contributed by atoms with Crippen LogP contribution in [0.4, 0.5) is 8.78 Å². The lowest BCUT2D eigenvalue weighted by molar-refractivity contribution is -0.134. The fourth-order valence-corrected chi connectivity index (χ4v) is 3.37. The Hall–Kier alpha value is -3.22. The Bertz CT molecular complexity index is 913. The standard InChI is InChI=1S/C22H22F2N2O3/c1-15(27)26-12-11-17-5-3-4-6-19(17)20(26)13-21(28)25(2)14-16-7-9-18(10-8-16)29-22(23)24/h3-12,20,22H,13-14H2,1-2H3. The number of alkyl halides is 2. The first-order chi connectivity index (χ1) is 13.8. The van der Waals surface area contributed by atoms with Crippen LogP contribution >= 0.6 is 0 Å². The number of hydrogen-bond donors (Lipinski definition) is 0. The number of rotatable bonds is 6. The molecule has 5 nitrogen and oxygen atoms in total. The summed E-state index contributed by atoms with van der Waals surface area (Å²) in [5, 5.41) is 0. The Morgan fingerprint density at radius 2 is 1.83 bits per heavy atom. The predicted octanol–water partition coefficient (Wildman–Crippen LogP) is 4.21. The molecule has 0 bridgehead atoms. The summed E-state index contributed by atoms with van der Waals surface area (Å²) in [6.45, 7) is -1.08. The number of carbonyl (C=O) groups excluding carboxylic acids is 2. The van der Waals surface area contributed by atoms with Crippen LogP contribution in [0.25, 0.3) is 6.08 Å². The van der Waals surface area contributed by atoms with E-state index >= 15 is 0 Å². The van der Waals surface area contributed by atoms with Gasteiger partial charge in [0.25, 0.3) is 0 Å². The molecule has 7 heteroatoms. The van der Waals surface area contributed by atoms with Crippen LogP contribution in [0.3, 0.4) is 0 Å². The Kier molecular flexibility index (Phi) is 6.26. The second kappa shape index (κ2) is 8.86. The summed E-state index contributed by atoms with van der Waals surface area (Å²) in [5.41, 5.74) is 2.70. The maximum absolute atomic E-state index is 12.8. The van der Waals surface area contributed by atoms with Gasteiger partial charge in [-0.3, -0.25) is 9.59 Å². The monoisotopic (exact) mass is 400 g/mol. The van der Waals surface area contributed by atoms with Gasteiger partial charge in [0.15, 0.2) is 0 Å². The molecular weight excluding hydrogens is 378 g/mol. The van der Waals surface area contributed by atoms with Crippen molar-refractivity contribution in [2.75, 3.05) is 7.05 Å². The van der Waals surface area contributed by atoms with Crippen molar-refractivity contribution in [3.8, 4) is 5.75 Å². The zero-order chi connectivity index (χ0) is 21.0. The molecule has 2 aromatic rings. The third-order valence-corrected chi connectivity index (χ3v) is 4.83. The van der Waals surface area contributed by atoms with E-state index in [0.717, 1.165) is 16.7 Å². The molecule has 0 spiro atoms. The highest BCUT2D eigenvalue weighted by molar-refractivity contribution is 5.81. The van der Waals surface area contributed by atoms with Gasteiger partial charge in [-0.05, 0) is 34.9 Å². The first-order valence-corrected chi connectivity index (χ1v) is 9.19. The van der Waals surface area contributed by atoms with Gasteiger partial charge in [-0.1, -0.05) is 36.4 Å². The number of fused-ring (bicyclic) bond motifs is 1. The molecule has 0 radical (unpaired) electrons. The van der Waals surface area contributed by atoms with Crippen molar-refractivity contribution < 1.29 is 23.1 Å². The van der Waals surface area contributed by atoms with E-state index in [1.165, 1.54) is 19.1 Å². The molecule has 2 amide bonds. The molecule has 0 fully saturated rings. The maximum Gasteiger partial charge on any atom is 0.387 e. The number of amides is 2. The average molecular weight is 400 g/mol. The highest BCUT2D eigenvalue weighted by Crippen LogP contribution is 2.33. The van der Waals surface area contributed by atoms with Gasteiger partial charge in [-0.25, -0.2) is 0 Å². The largest absolute Gasteiger partial charge is 0.435 e. The highest BCUT2D eigenvalue weighted by Gasteiger charge is 2.29. The van der Waals surface area contributed by atoms with Crippen molar-refractivity contribution in [3.63, 3.8) is 0 Å². The van der Waals surface area contributed by atoms with Gasteiger partial charge in [0.05, 0.1) is 12.5 Å². The first kappa shape index (κ1) is 20.5. The van der Waals surface area contributed by atoms with E-state index in [1.54, 1.807) is 35.2 Å². The molecular formula is C22H22F2N2O3. The summed E-state index contributed by atoms with van der Waals surface area (Å²) < 4.78 is 28.8. The van der Waals surface area contributed by atoms with Crippen molar-refractivity contribution >= 4 is 17.9 Å². The van der Waals surface area contributed by atoms with E-state index < -0.39 is 6.61 Å². The van der Waals surface area contributed by atoms with Crippen LogP contribution in [0.5, 0.6) is 5.75 Å². The molecule has 2 aromatic carbocycles. The van der Waals surface area contributed by atoms with E-state index in [9.17, 15) is 18.4 Å². The molecule has 29 heavy (non-hydrogen) atoms. The minimum atomic E-state index is -2.87.